The van der Waals surface area contributed by atoms with Gasteiger partial charge < -0.3 is 9.73 Å². The van der Waals surface area contributed by atoms with Crippen molar-refractivity contribution in [1.29, 1.82) is 5.26 Å². The van der Waals surface area contributed by atoms with Crippen LogP contribution < -0.4 is 5.32 Å². The number of anilines is 1. The van der Waals surface area contributed by atoms with Crippen LogP contribution in [0.25, 0.3) is 0 Å². The minimum atomic E-state index is 0.0406. The summed E-state index contributed by atoms with van der Waals surface area (Å²) in [6.45, 7) is 4.01. The van der Waals surface area contributed by atoms with Gasteiger partial charge in [0.1, 0.15) is 11.8 Å². The van der Waals surface area contributed by atoms with Crippen LogP contribution in [0.15, 0.2) is 41.0 Å². The molecule has 2 rings (SSSR count). The third-order valence-electron chi connectivity index (χ3n) is 2.64. The molecule has 0 aliphatic carbocycles. The van der Waals surface area contributed by atoms with Gasteiger partial charge >= 0.3 is 0 Å². The highest BCUT2D eigenvalue weighted by molar-refractivity contribution is 5.59. The van der Waals surface area contributed by atoms with E-state index in [1.54, 1.807) is 6.26 Å². The van der Waals surface area contributed by atoms with E-state index in [4.69, 9.17) is 9.68 Å². The Kier molecular flexibility index (Phi) is 3.15. The van der Waals surface area contributed by atoms with Gasteiger partial charge in [0.15, 0.2) is 0 Å². The van der Waals surface area contributed by atoms with Gasteiger partial charge in [-0.05, 0) is 43.7 Å². The van der Waals surface area contributed by atoms with Gasteiger partial charge in [0.25, 0.3) is 0 Å². The topological polar surface area (TPSA) is 49.0 Å². The standard InChI is InChI=1S/C14H14N2O/c1-10-5-6-12(9-15)13(8-10)16-11(2)14-4-3-7-17-14/h3-8,11,16H,1-2H3. The molecular formula is C14H14N2O. The molecule has 0 radical (unpaired) electrons. The van der Waals surface area contributed by atoms with Gasteiger partial charge in [-0.2, -0.15) is 5.26 Å². The fourth-order valence-corrected chi connectivity index (χ4v) is 1.72. The molecule has 0 fully saturated rings. The van der Waals surface area contributed by atoms with Crippen LogP contribution in [-0.2, 0) is 0 Å². The SMILES string of the molecule is Cc1ccc(C#N)c(NC(C)c2ccco2)c1. The smallest absolute Gasteiger partial charge is 0.125 e. The van der Waals surface area contributed by atoms with Crippen molar-refractivity contribution in [1.82, 2.24) is 0 Å². The average molecular weight is 226 g/mol. The first-order valence-electron chi connectivity index (χ1n) is 5.51. The molecule has 1 heterocycles. The number of rotatable bonds is 3. The maximum Gasteiger partial charge on any atom is 0.125 e. The quantitative estimate of drug-likeness (QED) is 0.869. The molecule has 17 heavy (non-hydrogen) atoms. The second-order valence-corrected chi connectivity index (χ2v) is 4.04. The Bertz CT molecular complexity index is 538. The van der Waals surface area contributed by atoms with Crippen LogP contribution in [0.5, 0.6) is 0 Å². The lowest BCUT2D eigenvalue weighted by atomic mass is 10.1. The Morgan fingerprint density at radius 3 is 2.82 bits per heavy atom. The number of nitrogens with zero attached hydrogens (tertiary/aromatic N) is 1. The van der Waals surface area contributed by atoms with E-state index in [0.717, 1.165) is 17.0 Å². The summed E-state index contributed by atoms with van der Waals surface area (Å²) >= 11 is 0. The number of nitrogens with one attached hydrogen (secondary N) is 1. The van der Waals surface area contributed by atoms with E-state index in [9.17, 15) is 0 Å². The predicted octanol–water partition coefficient (Wildman–Crippen LogP) is 3.63. The van der Waals surface area contributed by atoms with Gasteiger partial charge in [0, 0.05) is 0 Å². The maximum absolute atomic E-state index is 9.04. The van der Waals surface area contributed by atoms with Crippen molar-refractivity contribution in [3.8, 4) is 6.07 Å². The second-order valence-electron chi connectivity index (χ2n) is 4.04. The molecular weight excluding hydrogens is 212 g/mol. The van der Waals surface area contributed by atoms with Crippen LogP contribution in [0.1, 0.15) is 29.9 Å². The zero-order valence-corrected chi connectivity index (χ0v) is 9.90. The van der Waals surface area contributed by atoms with E-state index in [2.05, 4.69) is 11.4 Å². The molecule has 0 aliphatic rings. The summed E-state index contributed by atoms with van der Waals surface area (Å²) in [7, 11) is 0. The van der Waals surface area contributed by atoms with Crippen molar-refractivity contribution in [2.24, 2.45) is 0 Å². The van der Waals surface area contributed by atoms with E-state index in [0.29, 0.717) is 5.56 Å². The normalized spacial score (nSPS) is 11.8. The summed E-state index contributed by atoms with van der Waals surface area (Å²) in [6.07, 6.45) is 1.65. The van der Waals surface area contributed by atoms with Crippen LogP contribution in [0.2, 0.25) is 0 Å². The first-order valence-corrected chi connectivity index (χ1v) is 5.51. The summed E-state index contributed by atoms with van der Waals surface area (Å²) in [6, 6.07) is 11.7. The highest BCUT2D eigenvalue weighted by atomic mass is 16.3. The highest BCUT2D eigenvalue weighted by Crippen LogP contribution is 2.23. The summed E-state index contributed by atoms with van der Waals surface area (Å²) in [5.74, 6) is 0.857. The third kappa shape index (κ3) is 2.48. The lowest BCUT2D eigenvalue weighted by molar-refractivity contribution is 0.490. The van der Waals surface area contributed by atoms with E-state index in [1.165, 1.54) is 0 Å². The van der Waals surface area contributed by atoms with Crippen LogP contribution in [0.4, 0.5) is 5.69 Å². The Hall–Kier alpha value is -2.21. The molecule has 86 valence electrons. The zero-order valence-electron chi connectivity index (χ0n) is 9.90. The molecule has 0 bridgehead atoms. The zero-order chi connectivity index (χ0) is 12.3. The molecule has 1 aromatic heterocycles. The molecule has 0 amide bonds. The third-order valence-corrected chi connectivity index (χ3v) is 2.64. The van der Waals surface area contributed by atoms with Crippen molar-refractivity contribution < 1.29 is 4.42 Å². The molecule has 3 heteroatoms. The van der Waals surface area contributed by atoms with Gasteiger partial charge in [-0.3, -0.25) is 0 Å². The Labute approximate surface area is 101 Å². The Morgan fingerprint density at radius 1 is 1.35 bits per heavy atom. The van der Waals surface area contributed by atoms with Crippen molar-refractivity contribution in [3.05, 3.63) is 53.5 Å². The fourth-order valence-electron chi connectivity index (χ4n) is 1.72. The van der Waals surface area contributed by atoms with E-state index in [1.807, 2.05) is 44.2 Å². The Morgan fingerprint density at radius 2 is 2.18 bits per heavy atom. The first kappa shape index (κ1) is 11.3. The summed E-state index contributed by atoms with van der Waals surface area (Å²) in [5, 5.41) is 12.3. The largest absolute Gasteiger partial charge is 0.467 e. The minimum absolute atomic E-state index is 0.0406. The fraction of sp³-hybridized carbons (Fsp3) is 0.214. The molecule has 2 aromatic rings. The van der Waals surface area contributed by atoms with E-state index < -0.39 is 0 Å². The summed E-state index contributed by atoms with van der Waals surface area (Å²) < 4.78 is 5.33. The van der Waals surface area contributed by atoms with Gasteiger partial charge in [-0.1, -0.05) is 6.07 Å². The van der Waals surface area contributed by atoms with Crippen LogP contribution >= 0.6 is 0 Å². The molecule has 3 nitrogen and oxygen atoms in total. The monoisotopic (exact) mass is 226 g/mol. The number of hydrogen-bond acceptors (Lipinski definition) is 3. The van der Waals surface area contributed by atoms with E-state index >= 15 is 0 Å². The lowest BCUT2D eigenvalue weighted by Gasteiger charge is -2.14. The molecule has 1 N–H and O–H groups in total. The molecule has 0 saturated carbocycles. The highest BCUT2D eigenvalue weighted by Gasteiger charge is 2.10. The average Bonchev–Trinajstić information content (AvgIpc) is 2.83. The molecule has 1 atom stereocenters. The minimum Gasteiger partial charge on any atom is -0.467 e. The first-order chi connectivity index (χ1) is 8.20. The number of benzene rings is 1. The molecule has 0 aliphatic heterocycles. The van der Waals surface area contributed by atoms with Gasteiger partial charge in [-0.15, -0.1) is 0 Å². The van der Waals surface area contributed by atoms with Crippen molar-refractivity contribution >= 4 is 5.69 Å². The molecule has 0 saturated heterocycles. The number of furan rings is 1. The van der Waals surface area contributed by atoms with Crippen LogP contribution in [0.3, 0.4) is 0 Å². The lowest BCUT2D eigenvalue weighted by Crippen LogP contribution is -2.07. The van der Waals surface area contributed by atoms with Gasteiger partial charge in [0.2, 0.25) is 0 Å². The number of hydrogen-bond donors (Lipinski definition) is 1. The van der Waals surface area contributed by atoms with Crippen LogP contribution in [0, 0.1) is 18.3 Å². The Balaban J connectivity index is 2.24. The number of nitriles is 1. The molecule has 1 aromatic carbocycles. The van der Waals surface area contributed by atoms with Crippen molar-refractivity contribution in [3.63, 3.8) is 0 Å². The summed E-state index contributed by atoms with van der Waals surface area (Å²) in [5.41, 5.74) is 2.61. The number of aryl methyl sites for hydroxylation is 1. The molecule has 0 spiro atoms. The van der Waals surface area contributed by atoms with Gasteiger partial charge in [0.05, 0.1) is 23.6 Å². The molecule has 1 unspecified atom stereocenters. The van der Waals surface area contributed by atoms with Crippen LogP contribution in [-0.4, -0.2) is 0 Å². The summed E-state index contributed by atoms with van der Waals surface area (Å²) in [4.78, 5) is 0. The maximum atomic E-state index is 9.04. The predicted molar refractivity (Wildman–Crippen MR) is 66.6 cm³/mol. The van der Waals surface area contributed by atoms with Gasteiger partial charge in [-0.25, -0.2) is 0 Å². The van der Waals surface area contributed by atoms with Crippen molar-refractivity contribution in [2.45, 2.75) is 19.9 Å². The van der Waals surface area contributed by atoms with Crippen molar-refractivity contribution in [2.75, 3.05) is 5.32 Å². The van der Waals surface area contributed by atoms with E-state index in [-0.39, 0.29) is 6.04 Å². The second kappa shape index (κ2) is 4.75.